The van der Waals surface area contributed by atoms with Gasteiger partial charge in [0.1, 0.15) is 0 Å². The van der Waals surface area contributed by atoms with E-state index in [0.29, 0.717) is 11.2 Å². The van der Waals surface area contributed by atoms with E-state index in [4.69, 9.17) is 17.3 Å². The molecule has 1 aliphatic carbocycles. The highest BCUT2D eigenvalue weighted by atomic mass is 35.5. The average molecular weight is 312 g/mol. The van der Waals surface area contributed by atoms with E-state index >= 15 is 0 Å². The number of hydrogen-bond donors (Lipinski definition) is 1. The highest BCUT2D eigenvalue weighted by Crippen LogP contribution is 2.39. The zero-order valence-electron chi connectivity index (χ0n) is 12.4. The van der Waals surface area contributed by atoms with Crippen LogP contribution in [0.5, 0.6) is 0 Å². The number of halogens is 1. The normalized spacial score (nSPS) is 26.6. The van der Waals surface area contributed by atoms with Crippen LogP contribution in [0.4, 0.5) is 0 Å². The quantitative estimate of drug-likeness (QED) is 0.789. The van der Waals surface area contributed by atoms with Gasteiger partial charge >= 0.3 is 0 Å². The van der Waals surface area contributed by atoms with Gasteiger partial charge in [-0.3, -0.25) is 0 Å². The summed E-state index contributed by atoms with van der Waals surface area (Å²) in [5.41, 5.74) is 7.23. The first-order chi connectivity index (χ1) is 9.74. The summed E-state index contributed by atoms with van der Waals surface area (Å²) >= 11 is 8.32. The van der Waals surface area contributed by atoms with E-state index in [9.17, 15) is 0 Å². The molecule has 0 amide bonds. The lowest BCUT2D eigenvalue weighted by Crippen LogP contribution is -2.32. The van der Waals surface area contributed by atoms with Gasteiger partial charge in [0.05, 0.1) is 0 Å². The SMILES string of the molecule is CCCC1CCC(CN)C(SCc2ccccc2Cl)C1. The molecule has 2 rings (SSSR count). The fraction of sp³-hybridized carbons (Fsp3) is 0.647. The smallest absolute Gasteiger partial charge is 0.0446 e. The molecule has 1 aromatic carbocycles. The Hall–Kier alpha value is -0.180. The monoisotopic (exact) mass is 311 g/mol. The fourth-order valence-electron chi connectivity index (χ4n) is 3.23. The van der Waals surface area contributed by atoms with Crippen molar-refractivity contribution in [3.63, 3.8) is 0 Å². The number of thioether (sulfide) groups is 1. The molecule has 1 saturated carbocycles. The van der Waals surface area contributed by atoms with E-state index in [2.05, 4.69) is 30.8 Å². The summed E-state index contributed by atoms with van der Waals surface area (Å²) in [6.45, 7) is 3.12. The van der Waals surface area contributed by atoms with Crippen LogP contribution in [0.15, 0.2) is 24.3 Å². The molecule has 3 unspecified atom stereocenters. The van der Waals surface area contributed by atoms with Crippen molar-refractivity contribution in [3.8, 4) is 0 Å². The molecule has 2 N–H and O–H groups in total. The summed E-state index contributed by atoms with van der Waals surface area (Å²) in [5.74, 6) is 2.61. The van der Waals surface area contributed by atoms with Crippen LogP contribution < -0.4 is 5.73 Å². The third-order valence-corrected chi connectivity index (χ3v) is 6.30. The van der Waals surface area contributed by atoms with Crippen molar-refractivity contribution in [1.29, 1.82) is 0 Å². The molecule has 3 heteroatoms. The van der Waals surface area contributed by atoms with Crippen molar-refractivity contribution in [3.05, 3.63) is 34.9 Å². The Labute approximate surface area is 132 Å². The van der Waals surface area contributed by atoms with Gasteiger partial charge in [-0.25, -0.2) is 0 Å². The van der Waals surface area contributed by atoms with Crippen LogP contribution in [0.1, 0.15) is 44.6 Å². The third kappa shape index (κ3) is 4.41. The van der Waals surface area contributed by atoms with Crippen molar-refractivity contribution < 1.29 is 0 Å². The predicted octanol–water partition coefficient (Wildman–Crippen LogP) is 5.12. The third-order valence-electron chi connectivity index (χ3n) is 4.45. The molecule has 0 saturated heterocycles. The van der Waals surface area contributed by atoms with Crippen molar-refractivity contribution in [2.75, 3.05) is 6.54 Å². The highest BCUT2D eigenvalue weighted by molar-refractivity contribution is 7.99. The Bertz CT molecular complexity index is 410. The van der Waals surface area contributed by atoms with E-state index in [1.807, 2.05) is 12.1 Å². The fourth-order valence-corrected chi connectivity index (χ4v) is 5.09. The maximum atomic E-state index is 6.25. The van der Waals surface area contributed by atoms with Gasteiger partial charge in [0.25, 0.3) is 0 Å². The molecule has 0 bridgehead atoms. The van der Waals surface area contributed by atoms with Crippen LogP contribution in [0.25, 0.3) is 0 Å². The molecule has 1 fully saturated rings. The zero-order valence-corrected chi connectivity index (χ0v) is 13.9. The molecule has 0 heterocycles. The Balaban J connectivity index is 1.92. The number of hydrogen-bond acceptors (Lipinski definition) is 2. The van der Waals surface area contributed by atoms with Crippen LogP contribution in [0.3, 0.4) is 0 Å². The van der Waals surface area contributed by atoms with Crippen molar-refractivity contribution in [1.82, 2.24) is 0 Å². The molecule has 1 aromatic rings. The molecule has 112 valence electrons. The molecule has 20 heavy (non-hydrogen) atoms. The molecule has 1 nitrogen and oxygen atoms in total. The Kier molecular flexibility index (Phi) is 6.73. The van der Waals surface area contributed by atoms with Gasteiger partial charge < -0.3 is 5.73 Å². The maximum Gasteiger partial charge on any atom is 0.0446 e. The Morgan fingerprint density at radius 3 is 2.80 bits per heavy atom. The van der Waals surface area contributed by atoms with Gasteiger partial charge in [0, 0.05) is 16.0 Å². The van der Waals surface area contributed by atoms with Gasteiger partial charge in [0.15, 0.2) is 0 Å². The molecule has 0 aromatic heterocycles. The van der Waals surface area contributed by atoms with Crippen LogP contribution in [-0.4, -0.2) is 11.8 Å². The second-order valence-electron chi connectivity index (χ2n) is 5.90. The van der Waals surface area contributed by atoms with Gasteiger partial charge in [0.2, 0.25) is 0 Å². The molecule has 0 aliphatic heterocycles. The summed E-state index contributed by atoms with van der Waals surface area (Å²) in [5, 5.41) is 1.60. The molecular weight excluding hydrogens is 286 g/mol. The van der Waals surface area contributed by atoms with Gasteiger partial charge in [-0.05, 0) is 42.9 Å². The largest absolute Gasteiger partial charge is 0.330 e. The average Bonchev–Trinajstić information content (AvgIpc) is 2.47. The summed E-state index contributed by atoms with van der Waals surface area (Å²) in [6.07, 6.45) is 6.70. The summed E-state index contributed by atoms with van der Waals surface area (Å²) in [4.78, 5) is 0. The molecule has 1 aliphatic rings. The summed E-state index contributed by atoms with van der Waals surface area (Å²) < 4.78 is 0. The molecule has 3 atom stereocenters. The minimum Gasteiger partial charge on any atom is -0.330 e. The van der Waals surface area contributed by atoms with Gasteiger partial charge in [-0.1, -0.05) is 56.0 Å². The topological polar surface area (TPSA) is 26.0 Å². The van der Waals surface area contributed by atoms with E-state index in [1.165, 1.54) is 37.7 Å². The standard InChI is InChI=1S/C17H26ClNS/c1-2-5-13-8-9-14(11-19)17(10-13)20-12-15-6-3-4-7-16(15)18/h3-4,6-7,13-14,17H,2,5,8-12,19H2,1H3. The van der Waals surface area contributed by atoms with Crippen molar-refractivity contribution >= 4 is 23.4 Å². The van der Waals surface area contributed by atoms with Gasteiger partial charge in [-0.2, -0.15) is 11.8 Å². The zero-order chi connectivity index (χ0) is 14.4. The first-order valence-electron chi connectivity index (χ1n) is 7.79. The van der Waals surface area contributed by atoms with Crippen molar-refractivity contribution in [2.45, 2.75) is 50.0 Å². The van der Waals surface area contributed by atoms with Crippen LogP contribution >= 0.6 is 23.4 Å². The van der Waals surface area contributed by atoms with E-state index < -0.39 is 0 Å². The maximum absolute atomic E-state index is 6.25. The second kappa shape index (κ2) is 8.31. The Morgan fingerprint density at radius 2 is 2.10 bits per heavy atom. The molecule has 0 radical (unpaired) electrons. The van der Waals surface area contributed by atoms with Crippen LogP contribution in [0.2, 0.25) is 5.02 Å². The van der Waals surface area contributed by atoms with Gasteiger partial charge in [-0.15, -0.1) is 0 Å². The highest BCUT2D eigenvalue weighted by Gasteiger charge is 2.29. The second-order valence-corrected chi connectivity index (χ2v) is 7.54. The minimum absolute atomic E-state index is 0.690. The van der Waals surface area contributed by atoms with E-state index in [0.717, 1.165) is 23.2 Å². The van der Waals surface area contributed by atoms with Crippen LogP contribution in [0, 0.1) is 11.8 Å². The van der Waals surface area contributed by atoms with Crippen molar-refractivity contribution in [2.24, 2.45) is 17.6 Å². The number of benzene rings is 1. The minimum atomic E-state index is 0.690. The van der Waals surface area contributed by atoms with E-state index in [1.54, 1.807) is 0 Å². The first kappa shape index (κ1) is 16.2. The van der Waals surface area contributed by atoms with Crippen LogP contribution in [-0.2, 0) is 5.75 Å². The number of nitrogens with two attached hydrogens (primary N) is 1. The lowest BCUT2D eigenvalue weighted by molar-refractivity contribution is 0.276. The Morgan fingerprint density at radius 1 is 1.30 bits per heavy atom. The predicted molar refractivity (Wildman–Crippen MR) is 91.3 cm³/mol. The molecular formula is C17H26ClNS. The lowest BCUT2D eigenvalue weighted by Gasteiger charge is -2.35. The lowest BCUT2D eigenvalue weighted by atomic mass is 9.80. The summed E-state index contributed by atoms with van der Waals surface area (Å²) in [6, 6.07) is 8.19. The molecule has 0 spiro atoms. The number of rotatable bonds is 6. The first-order valence-corrected chi connectivity index (χ1v) is 9.22. The summed E-state index contributed by atoms with van der Waals surface area (Å²) in [7, 11) is 0. The van der Waals surface area contributed by atoms with E-state index in [-0.39, 0.29) is 0 Å².